The molecule has 0 saturated carbocycles. The van der Waals surface area contributed by atoms with Crippen molar-refractivity contribution >= 4 is 10.2 Å². The van der Waals surface area contributed by atoms with E-state index in [-0.39, 0.29) is 0 Å². The van der Waals surface area contributed by atoms with Crippen molar-refractivity contribution in [3.63, 3.8) is 0 Å². The molecular weight excluding hydrogens is 140 g/mol. The third kappa shape index (κ3) is 3.06. The topological polar surface area (TPSA) is 9.23 Å². The Labute approximate surface area is 66.9 Å². The van der Waals surface area contributed by atoms with Crippen LogP contribution in [0.5, 0.6) is 0 Å². The number of hydrogen-bond donors (Lipinski definition) is 0. The van der Waals surface area contributed by atoms with Crippen LogP contribution < -0.4 is 0 Å². The molecule has 0 saturated heterocycles. The van der Waals surface area contributed by atoms with Gasteiger partial charge >= 0.3 is 0 Å². The summed E-state index contributed by atoms with van der Waals surface area (Å²) in [6, 6.07) is 0. The SMILES string of the molecule is CCOC([SiH3])=C(CC)CC. The molecule has 0 bridgehead atoms. The van der Waals surface area contributed by atoms with Crippen LogP contribution in [0.4, 0.5) is 0 Å². The third-order valence-electron chi connectivity index (χ3n) is 1.71. The smallest absolute Gasteiger partial charge is 0.0842 e. The van der Waals surface area contributed by atoms with Gasteiger partial charge in [-0.15, -0.1) is 0 Å². The van der Waals surface area contributed by atoms with Crippen LogP contribution >= 0.6 is 0 Å². The lowest BCUT2D eigenvalue weighted by Crippen LogP contribution is -1.95. The minimum Gasteiger partial charge on any atom is -0.504 e. The van der Waals surface area contributed by atoms with Crippen LogP contribution in [0.3, 0.4) is 0 Å². The maximum atomic E-state index is 5.43. The van der Waals surface area contributed by atoms with Crippen molar-refractivity contribution in [3.05, 3.63) is 11.0 Å². The molecule has 1 nitrogen and oxygen atoms in total. The minimum absolute atomic E-state index is 0.822. The molecule has 0 atom stereocenters. The van der Waals surface area contributed by atoms with Crippen LogP contribution in [0.25, 0.3) is 0 Å². The van der Waals surface area contributed by atoms with Crippen LogP contribution in [-0.2, 0) is 4.74 Å². The van der Waals surface area contributed by atoms with Crippen LogP contribution in [0, 0.1) is 0 Å². The van der Waals surface area contributed by atoms with Gasteiger partial charge in [-0.05, 0) is 25.3 Å². The molecule has 0 aromatic carbocycles. The minimum atomic E-state index is 0.822. The van der Waals surface area contributed by atoms with Gasteiger partial charge in [-0.25, -0.2) is 0 Å². The van der Waals surface area contributed by atoms with Gasteiger partial charge in [0.1, 0.15) is 0 Å². The summed E-state index contributed by atoms with van der Waals surface area (Å²) >= 11 is 0. The first-order valence-corrected chi connectivity index (χ1v) is 5.07. The molecule has 0 radical (unpaired) electrons. The van der Waals surface area contributed by atoms with Crippen LogP contribution in [-0.4, -0.2) is 16.8 Å². The highest BCUT2D eigenvalue weighted by Gasteiger charge is 1.96. The fraction of sp³-hybridized carbons (Fsp3) is 0.750. The Morgan fingerprint density at radius 1 is 1.20 bits per heavy atom. The molecule has 0 aliphatic rings. The highest BCUT2D eigenvalue weighted by Crippen LogP contribution is 2.10. The molecule has 0 heterocycles. The van der Waals surface area contributed by atoms with Crippen LogP contribution in [0.1, 0.15) is 33.6 Å². The van der Waals surface area contributed by atoms with Gasteiger partial charge in [-0.1, -0.05) is 13.8 Å². The average Bonchev–Trinajstić information content (AvgIpc) is 1.91. The summed E-state index contributed by atoms with van der Waals surface area (Å²) in [7, 11) is 1.06. The van der Waals surface area contributed by atoms with E-state index in [1.165, 1.54) is 11.0 Å². The Kier molecular flexibility index (Phi) is 5.40. The van der Waals surface area contributed by atoms with E-state index >= 15 is 0 Å². The Hall–Kier alpha value is -0.243. The summed E-state index contributed by atoms with van der Waals surface area (Å²) in [4.78, 5) is 0. The van der Waals surface area contributed by atoms with Crippen molar-refractivity contribution in [1.29, 1.82) is 0 Å². The lowest BCUT2D eigenvalue weighted by Gasteiger charge is -2.08. The summed E-state index contributed by atoms with van der Waals surface area (Å²) in [6.07, 6.45) is 2.30. The van der Waals surface area contributed by atoms with Crippen molar-refractivity contribution in [3.8, 4) is 0 Å². The Morgan fingerprint density at radius 2 is 1.70 bits per heavy atom. The first kappa shape index (κ1) is 9.76. The van der Waals surface area contributed by atoms with E-state index in [0.717, 1.165) is 29.7 Å². The zero-order valence-electron chi connectivity index (χ0n) is 7.53. The second-order valence-electron chi connectivity index (χ2n) is 2.30. The summed E-state index contributed by atoms with van der Waals surface area (Å²) in [5.74, 6) is 0. The fourth-order valence-electron chi connectivity index (χ4n) is 1.07. The molecule has 0 spiro atoms. The quantitative estimate of drug-likeness (QED) is 0.444. The zero-order valence-corrected chi connectivity index (χ0v) is 9.53. The maximum Gasteiger partial charge on any atom is 0.0842 e. The Morgan fingerprint density at radius 3 is 2.00 bits per heavy atom. The van der Waals surface area contributed by atoms with E-state index in [4.69, 9.17) is 4.74 Å². The molecular formula is C8H18OSi. The molecule has 0 rings (SSSR count). The molecule has 0 aromatic heterocycles. The number of allylic oxidation sites excluding steroid dienone is 1. The normalized spacial score (nSPS) is 9.50. The van der Waals surface area contributed by atoms with E-state index in [2.05, 4.69) is 13.8 Å². The van der Waals surface area contributed by atoms with Crippen molar-refractivity contribution in [2.75, 3.05) is 6.61 Å². The first-order valence-electron chi connectivity index (χ1n) is 4.07. The van der Waals surface area contributed by atoms with Gasteiger partial charge in [0, 0.05) is 0 Å². The van der Waals surface area contributed by atoms with Crippen LogP contribution in [0.15, 0.2) is 11.0 Å². The van der Waals surface area contributed by atoms with Gasteiger partial charge in [0.2, 0.25) is 0 Å². The third-order valence-corrected chi connectivity index (χ3v) is 2.71. The maximum absolute atomic E-state index is 5.43. The van der Waals surface area contributed by atoms with Gasteiger partial charge < -0.3 is 4.74 Å². The molecule has 10 heavy (non-hydrogen) atoms. The number of rotatable bonds is 4. The van der Waals surface area contributed by atoms with Gasteiger partial charge in [0.25, 0.3) is 0 Å². The second kappa shape index (κ2) is 5.53. The summed E-state index contributed by atoms with van der Waals surface area (Å²) in [5, 5.41) is 1.26. The van der Waals surface area contributed by atoms with E-state index in [1.54, 1.807) is 0 Å². The van der Waals surface area contributed by atoms with E-state index in [9.17, 15) is 0 Å². The van der Waals surface area contributed by atoms with E-state index in [1.807, 2.05) is 6.92 Å². The molecule has 2 heteroatoms. The number of hydrogen-bond acceptors (Lipinski definition) is 1. The molecule has 0 unspecified atom stereocenters. The largest absolute Gasteiger partial charge is 0.504 e. The van der Waals surface area contributed by atoms with E-state index in [0.29, 0.717) is 0 Å². The lowest BCUT2D eigenvalue weighted by atomic mass is 10.2. The fourth-order valence-corrected chi connectivity index (χ4v) is 2.06. The van der Waals surface area contributed by atoms with Crippen molar-refractivity contribution in [2.45, 2.75) is 33.6 Å². The molecule has 60 valence electrons. The van der Waals surface area contributed by atoms with Crippen molar-refractivity contribution < 1.29 is 4.74 Å². The lowest BCUT2D eigenvalue weighted by molar-refractivity contribution is 0.249. The summed E-state index contributed by atoms with van der Waals surface area (Å²) < 4.78 is 5.43. The van der Waals surface area contributed by atoms with E-state index < -0.39 is 0 Å². The van der Waals surface area contributed by atoms with Gasteiger partial charge in [-0.3, -0.25) is 0 Å². The molecule has 0 aliphatic heterocycles. The molecule has 0 amide bonds. The Balaban J connectivity index is 3.98. The predicted octanol–water partition coefficient (Wildman–Crippen LogP) is 1.42. The first-order chi connectivity index (χ1) is 4.76. The Bertz CT molecular complexity index is 112. The molecule has 0 aromatic rings. The monoisotopic (exact) mass is 158 g/mol. The van der Waals surface area contributed by atoms with Crippen molar-refractivity contribution in [2.24, 2.45) is 0 Å². The highest BCUT2D eigenvalue weighted by molar-refractivity contribution is 6.20. The van der Waals surface area contributed by atoms with Gasteiger partial charge in [0.15, 0.2) is 0 Å². The summed E-state index contributed by atoms with van der Waals surface area (Å²) in [5.41, 5.74) is 1.49. The highest BCUT2D eigenvalue weighted by atomic mass is 28.1. The second-order valence-corrected chi connectivity index (χ2v) is 3.21. The predicted molar refractivity (Wildman–Crippen MR) is 49.2 cm³/mol. The van der Waals surface area contributed by atoms with Crippen LogP contribution in [0.2, 0.25) is 0 Å². The summed E-state index contributed by atoms with van der Waals surface area (Å²) in [6.45, 7) is 7.24. The van der Waals surface area contributed by atoms with Crippen molar-refractivity contribution in [1.82, 2.24) is 0 Å². The molecule has 0 N–H and O–H groups in total. The van der Waals surface area contributed by atoms with Gasteiger partial charge in [-0.2, -0.15) is 0 Å². The van der Waals surface area contributed by atoms with Gasteiger partial charge in [0.05, 0.1) is 22.2 Å². The number of ether oxygens (including phenoxy) is 1. The average molecular weight is 158 g/mol. The zero-order chi connectivity index (χ0) is 7.98. The standard InChI is InChI=1S/C8H18OSi/c1-4-7(5-2)8(10)9-6-3/h4-6H2,1-3,10H3. The molecule has 0 fully saturated rings. The molecule has 0 aliphatic carbocycles.